The fourth-order valence-corrected chi connectivity index (χ4v) is 11.6. The lowest BCUT2D eigenvalue weighted by Gasteiger charge is -2.42. The topological polar surface area (TPSA) is 59.0 Å². The van der Waals surface area contributed by atoms with Crippen molar-refractivity contribution in [1.82, 2.24) is 4.90 Å². The van der Waals surface area contributed by atoms with Crippen molar-refractivity contribution in [2.75, 3.05) is 6.61 Å². The van der Waals surface area contributed by atoms with Crippen LogP contribution >= 0.6 is 0 Å². The van der Waals surface area contributed by atoms with Gasteiger partial charge in [0.2, 0.25) is 0 Å². The highest BCUT2D eigenvalue weighted by Gasteiger charge is 2.44. The van der Waals surface area contributed by atoms with E-state index in [2.05, 4.69) is 83.7 Å². The summed E-state index contributed by atoms with van der Waals surface area (Å²) in [4.78, 5) is 15.4. The molecule has 0 saturated heterocycles. The maximum Gasteiger partial charge on any atom is 0.337 e. The predicted molar refractivity (Wildman–Crippen MR) is 173 cm³/mol. The van der Waals surface area contributed by atoms with Gasteiger partial charge >= 0.3 is 5.97 Å². The summed E-state index contributed by atoms with van der Waals surface area (Å²) in [6.07, 6.45) is 3.39. The summed E-state index contributed by atoms with van der Waals surface area (Å²) < 4.78 is 12.4. The number of aliphatic hydroxyl groups is 1. The molecule has 0 fully saturated rings. The molecule has 3 unspecified atom stereocenters. The lowest BCUT2D eigenvalue weighted by atomic mass is 9.99. The highest BCUT2D eigenvalue weighted by molar-refractivity contribution is 6.77. The van der Waals surface area contributed by atoms with Crippen molar-refractivity contribution in [3.63, 3.8) is 0 Å². The van der Waals surface area contributed by atoms with Gasteiger partial charge in [-0.1, -0.05) is 114 Å². The quantitative estimate of drug-likeness (QED) is 0.0989. The molecule has 0 spiro atoms. The number of aliphatic hydroxyl groups excluding tert-OH is 1. The van der Waals surface area contributed by atoms with Crippen molar-refractivity contribution in [3.8, 4) is 0 Å². The smallest absolute Gasteiger partial charge is 0.337 e. The first-order valence-electron chi connectivity index (χ1n) is 15.3. The fraction of sp³-hybridized carbons (Fsp3) is 0.571. The van der Waals surface area contributed by atoms with Crippen LogP contribution in [0.2, 0.25) is 16.6 Å². The van der Waals surface area contributed by atoms with E-state index in [1.54, 1.807) is 0 Å². The summed E-state index contributed by atoms with van der Waals surface area (Å²) in [6.45, 7) is 22.5. The van der Waals surface area contributed by atoms with Gasteiger partial charge in [-0.2, -0.15) is 0 Å². The number of benzene rings is 2. The lowest BCUT2D eigenvalue weighted by Crippen LogP contribution is -2.48. The Hall–Kier alpha value is -2.25. The van der Waals surface area contributed by atoms with E-state index in [1.807, 2.05) is 63.2 Å². The van der Waals surface area contributed by atoms with Crippen molar-refractivity contribution in [1.29, 1.82) is 0 Å². The third-order valence-corrected chi connectivity index (χ3v) is 14.1. The van der Waals surface area contributed by atoms with Gasteiger partial charge in [-0.15, -0.1) is 0 Å². The van der Waals surface area contributed by atoms with Crippen molar-refractivity contribution in [3.05, 3.63) is 83.9 Å². The monoisotopic (exact) mass is 581 g/mol. The molecule has 0 aliphatic carbocycles. The van der Waals surface area contributed by atoms with Crippen molar-refractivity contribution >= 4 is 14.3 Å². The van der Waals surface area contributed by atoms with Crippen LogP contribution in [0.4, 0.5) is 0 Å². The van der Waals surface area contributed by atoms with E-state index in [0.717, 1.165) is 11.1 Å². The van der Waals surface area contributed by atoms with Crippen LogP contribution in [0, 0.1) is 0 Å². The Balaban J connectivity index is 2.42. The van der Waals surface area contributed by atoms with Gasteiger partial charge in [0.1, 0.15) is 5.60 Å². The molecule has 0 bridgehead atoms. The number of carbonyl (C=O) groups is 1. The van der Waals surface area contributed by atoms with Crippen LogP contribution in [0.25, 0.3) is 0 Å². The van der Waals surface area contributed by atoms with E-state index >= 15 is 0 Å². The number of esters is 1. The van der Waals surface area contributed by atoms with E-state index in [-0.39, 0.29) is 6.04 Å². The normalized spacial score (nSPS) is 15.2. The molecule has 0 heterocycles. The minimum absolute atomic E-state index is 0.0673. The zero-order valence-electron chi connectivity index (χ0n) is 27.1. The maximum absolute atomic E-state index is 13.2. The second kappa shape index (κ2) is 15.8. The minimum atomic E-state index is -1.97. The Morgan fingerprint density at radius 1 is 0.878 bits per heavy atom. The molecule has 0 radical (unpaired) electrons. The summed E-state index contributed by atoms with van der Waals surface area (Å²) in [7, 11) is -1.97. The molecule has 6 heteroatoms. The number of carbonyl (C=O) groups excluding carboxylic acids is 1. The van der Waals surface area contributed by atoms with Crippen LogP contribution in [0.15, 0.2) is 72.8 Å². The molecule has 0 saturated carbocycles. The molecule has 2 aromatic rings. The molecular weight excluding hydrogens is 526 g/mol. The number of hydrogen-bond donors (Lipinski definition) is 1. The van der Waals surface area contributed by atoms with Gasteiger partial charge in [0, 0.05) is 19.2 Å². The second-order valence-corrected chi connectivity index (χ2v) is 18.6. The van der Waals surface area contributed by atoms with E-state index in [1.165, 1.54) is 0 Å². The molecule has 5 nitrogen and oxygen atoms in total. The van der Waals surface area contributed by atoms with Gasteiger partial charge in [0.25, 0.3) is 0 Å². The zero-order chi connectivity index (χ0) is 30.8. The highest BCUT2D eigenvalue weighted by Crippen LogP contribution is 2.42. The zero-order valence-corrected chi connectivity index (χ0v) is 28.1. The first kappa shape index (κ1) is 34.9. The maximum atomic E-state index is 13.2. The van der Waals surface area contributed by atoms with Gasteiger partial charge in [0.05, 0.1) is 6.04 Å². The van der Waals surface area contributed by atoms with Crippen LogP contribution in [0.5, 0.6) is 0 Å². The van der Waals surface area contributed by atoms with Crippen LogP contribution in [0.1, 0.15) is 92.8 Å². The molecule has 0 amide bonds. The van der Waals surface area contributed by atoms with Gasteiger partial charge in [-0.05, 0) is 61.9 Å². The van der Waals surface area contributed by atoms with Gasteiger partial charge < -0.3 is 14.3 Å². The SMILES string of the molecule is CC(c1ccccc1)N(Cc1ccccc1)C(/C=C/CCO[Si](C(C)C)(C(C)C)C(C)C)C(O)C(=O)OC(C)(C)C. The van der Waals surface area contributed by atoms with Crippen molar-refractivity contribution in [2.45, 2.75) is 123 Å². The Morgan fingerprint density at radius 3 is 1.88 bits per heavy atom. The summed E-state index contributed by atoms with van der Waals surface area (Å²) >= 11 is 0. The summed E-state index contributed by atoms with van der Waals surface area (Å²) in [5, 5.41) is 11.5. The first-order chi connectivity index (χ1) is 19.2. The van der Waals surface area contributed by atoms with E-state index in [4.69, 9.17) is 9.16 Å². The number of ether oxygens (including phenoxy) is 1. The van der Waals surface area contributed by atoms with Crippen LogP contribution in [0.3, 0.4) is 0 Å². The molecule has 0 aliphatic heterocycles. The second-order valence-electron chi connectivity index (χ2n) is 13.1. The van der Waals surface area contributed by atoms with E-state index in [9.17, 15) is 9.90 Å². The molecule has 0 aromatic heterocycles. The molecular formula is C35H55NO4Si. The molecule has 2 rings (SSSR count). The summed E-state index contributed by atoms with van der Waals surface area (Å²) in [5.41, 5.74) is 3.07. The van der Waals surface area contributed by atoms with E-state index in [0.29, 0.717) is 36.2 Å². The highest BCUT2D eigenvalue weighted by atomic mass is 28.4. The van der Waals surface area contributed by atoms with E-state index < -0.39 is 32.0 Å². The molecule has 1 N–H and O–H groups in total. The standard InChI is InChI=1S/C35H55NO4Si/c1-26(2)41(27(3)4,28(5)6)39-24-18-17-23-32(33(37)34(38)40-35(8,9)10)36(25-30-19-13-11-14-20-30)29(7)31-21-15-12-16-22-31/h11-17,19-23,26-29,32-33,37H,18,24-25H2,1-10H3/b23-17+. The Bertz CT molecular complexity index is 1040. The predicted octanol–water partition coefficient (Wildman–Crippen LogP) is 8.46. The minimum Gasteiger partial charge on any atom is -0.458 e. The molecule has 0 aliphatic rings. The third kappa shape index (κ3) is 9.92. The number of nitrogens with zero attached hydrogens (tertiary/aromatic N) is 1. The molecule has 41 heavy (non-hydrogen) atoms. The van der Waals surface area contributed by atoms with Crippen molar-refractivity contribution in [2.24, 2.45) is 0 Å². The van der Waals surface area contributed by atoms with Gasteiger partial charge in [-0.3, -0.25) is 4.90 Å². The first-order valence-corrected chi connectivity index (χ1v) is 17.4. The number of hydrogen-bond acceptors (Lipinski definition) is 5. The Labute approximate surface area is 251 Å². The Kier molecular flexibility index (Phi) is 13.5. The van der Waals surface area contributed by atoms with Crippen molar-refractivity contribution < 1.29 is 19.1 Å². The fourth-order valence-electron chi connectivity index (χ4n) is 6.16. The lowest BCUT2D eigenvalue weighted by molar-refractivity contribution is -0.168. The van der Waals surface area contributed by atoms with Crippen LogP contribution in [-0.4, -0.2) is 48.6 Å². The largest absolute Gasteiger partial charge is 0.458 e. The molecule has 3 atom stereocenters. The van der Waals surface area contributed by atoms with Crippen LogP contribution in [-0.2, 0) is 20.5 Å². The van der Waals surface area contributed by atoms with Crippen LogP contribution < -0.4 is 0 Å². The average Bonchev–Trinajstić information content (AvgIpc) is 2.90. The van der Waals surface area contributed by atoms with Gasteiger partial charge in [-0.25, -0.2) is 4.79 Å². The third-order valence-electron chi connectivity index (χ3n) is 8.02. The summed E-state index contributed by atoms with van der Waals surface area (Å²) in [6, 6.07) is 19.7. The Morgan fingerprint density at radius 2 is 1.39 bits per heavy atom. The number of rotatable bonds is 15. The average molecular weight is 582 g/mol. The van der Waals surface area contributed by atoms with Gasteiger partial charge in [0.15, 0.2) is 14.4 Å². The summed E-state index contributed by atoms with van der Waals surface area (Å²) in [5.74, 6) is -0.618. The molecule has 2 aromatic carbocycles. The molecule has 228 valence electrons.